The van der Waals surface area contributed by atoms with Gasteiger partial charge in [-0.25, -0.2) is 4.98 Å². The molecule has 6 heteroatoms. The molecule has 1 N–H and O–H groups in total. The van der Waals surface area contributed by atoms with Gasteiger partial charge in [0.2, 0.25) is 0 Å². The van der Waals surface area contributed by atoms with Crippen molar-refractivity contribution in [3.05, 3.63) is 76.3 Å². The zero-order valence-corrected chi connectivity index (χ0v) is 11.4. The van der Waals surface area contributed by atoms with Gasteiger partial charge in [-0.15, -0.1) is 0 Å². The van der Waals surface area contributed by atoms with Crippen molar-refractivity contribution in [2.45, 2.75) is 0 Å². The molecule has 2 aromatic carbocycles. The van der Waals surface area contributed by atoms with E-state index in [1.165, 1.54) is 18.2 Å². The first-order valence-corrected chi connectivity index (χ1v) is 6.56. The number of carbonyl (C=O) groups excluding carboxylic acids is 1. The quantitative estimate of drug-likeness (QED) is 0.592. The zero-order valence-electron chi connectivity index (χ0n) is 11.4. The zero-order chi connectivity index (χ0) is 15.5. The lowest BCUT2D eigenvalue weighted by atomic mass is 10.1. The number of anilines is 1. The molecular formula is C16H11N3O3. The van der Waals surface area contributed by atoms with E-state index in [9.17, 15) is 14.9 Å². The van der Waals surface area contributed by atoms with Crippen molar-refractivity contribution in [3.8, 4) is 0 Å². The fourth-order valence-corrected chi connectivity index (χ4v) is 2.14. The van der Waals surface area contributed by atoms with Crippen LogP contribution in [-0.2, 0) is 0 Å². The van der Waals surface area contributed by atoms with Crippen molar-refractivity contribution >= 4 is 28.3 Å². The van der Waals surface area contributed by atoms with Crippen molar-refractivity contribution in [1.82, 2.24) is 4.98 Å². The fourth-order valence-electron chi connectivity index (χ4n) is 2.14. The minimum Gasteiger partial charge on any atom is -0.306 e. The van der Waals surface area contributed by atoms with Gasteiger partial charge in [0.05, 0.1) is 10.4 Å². The summed E-state index contributed by atoms with van der Waals surface area (Å²) in [4.78, 5) is 26.9. The number of pyridine rings is 1. The van der Waals surface area contributed by atoms with Gasteiger partial charge in [0.15, 0.2) is 0 Å². The lowest BCUT2D eigenvalue weighted by molar-refractivity contribution is -0.385. The van der Waals surface area contributed by atoms with Crippen LogP contribution in [0.3, 0.4) is 0 Å². The van der Waals surface area contributed by atoms with Crippen LogP contribution in [0.25, 0.3) is 10.9 Å². The van der Waals surface area contributed by atoms with Crippen LogP contribution in [0.5, 0.6) is 0 Å². The maximum Gasteiger partial charge on any atom is 0.282 e. The Labute approximate surface area is 125 Å². The van der Waals surface area contributed by atoms with Crippen LogP contribution in [0.2, 0.25) is 0 Å². The first-order valence-electron chi connectivity index (χ1n) is 6.56. The van der Waals surface area contributed by atoms with E-state index >= 15 is 0 Å². The first-order chi connectivity index (χ1) is 10.6. The predicted molar refractivity (Wildman–Crippen MR) is 82.8 cm³/mol. The number of carbonyl (C=O) groups is 1. The molecule has 1 amide bonds. The number of nitro benzene ring substituents is 1. The van der Waals surface area contributed by atoms with Crippen LogP contribution in [0.1, 0.15) is 10.4 Å². The predicted octanol–water partition coefficient (Wildman–Crippen LogP) is 3.40. The van der Waals surface area contributed by atoms with E-state index in [-0.39, 0.29) is 11.3 Å². The summed E-state index contributed by atoms with van der Waals surface area (Å²) in [5.41, 5.74) is 0.506. The number of nitrogens with one attached hydrogen (secondary N) is 1. The highest BCUT2D eigenvalue weighted by molar-refractivity contribution is 6.06. The first kappa shape index (κ1) is 13.7. The molecule has 0 bridgehead atoms. The number of aromatic nitrogens is 1. The number of nitro groups is 1. The molecule has 6 nitrogen and oxygen atoms in total. The SMILES string of the molecule is O=C(Nc1ccc2ccccc2n1)c1ccccc1[N+](=O)[O-]. The number of amides is 1. The minimum atomic E-state index is -0.581. The third kappa shape index (κ3) is 2.62. The lowest BCUT2D eigenvalue weighted by Gasteiger charge is -2.06. The van der Waals surface area contributed by atoms with E-state index in [1.54, 1.807) is 12.1 Å². The third-order valence-electron chi connectivity index (χ3n) is 3.19. The van der Waals surface area contributed by atoms with E-state index in [4.69, 9.17) is 0 Å². The van der Waals surface area contributed by atoms with Crippen molar-refractivity contribution in [1.29, 1.82) is 0 Å². The molecule has 1 aromatic heterocycles. The van der Waals surface area contributed by atoms with Crippen molar-refractivity contribution in [2.75, 3.05) is 5.32 Å². The molecule has 0 fully saturated rings. The standard InChI is InChI=1S/C16H11N3O3/c20-16(12-6-2-4-8-14(12)19(21)22)18-15-10-9-11-5-1-3-7-13(11)17-15/h1-10H,(H,17,18,20). The normalized spacial score (nSPS) is 10.4. The van der Waals surface area contributed by atoms with Crippen LogP contribution in [0.15, 0.2) is 60.7 Å². The van der Waals surface area contributed by atoms with E-state index in [0.29, 0.717) is 5.82 Å². The van der Waals surface area contributed by atoms with E-state index in [2.05, 4.69) is 10.3 Å². The van der Waals surface area contributed by atoms with Crippen LogP contribution < -0.4 is 5.32 Å². The monoisotopic (exact) mass is 293 g/mol. The van der Waals surface area contributed by atoms with Crippen molar-refractivity contribution < 1.29 is 9.72 Å². The number of rotatable bonds is 3. The summed E-state index contributed by atoms with van der Waals surface area (Å²) >= 11 is 0. The Hall–Kier alpha value is -3.28. The van der Waals surface area contributed by atoms with Crippen LogP contribution in [0.4, 0.5) is 11.5 Å². The molecule has 0 spiro atoms. The van der Waals surface area contributed by atoms with Crippen LogP contribution in [0, 0.1) is 10.1 Å². The molecule has 0 aliphatic rings. The van der Waals surface area contributed by atoms with E-state index in [0.717, 1.165) is 10.9 Å². The largest absolute Gasteiger partial charge is 0.306 e. The number of nitrogens with zero attached hydrogens (tertiary/aromatic N) is 2. The lowest BCUT2D eigenvalue weighted by Crippen LogP contribution is -2.14. The molecule has 0 radical (unpaired) electrons. The summed E-state index contributed by atoms with van der Waals surface area (Å²) in [6.45, 7) is 0. The minimum absolute atomic E-state index is 0.00228. The van der Waals surface area contributed by atoms with Gasteiger partial charge >= 0.3 is 0 Å². The Morgan fingerprint density at radius 2 is 1.73 bits per heavy atom. The van der Waals surface area contributed by atoms with E-state index in [1.807, 2.05) is 30.3 Å². The number of hydrogen-bond donors (Lipinski definition) is 1. The molecule has 22 heavy (non-hydrogen) atoms. The summed E-state index contributed by atoms with van der Waals surface area (Å²) in [7, 11) is 0. The Morgan fingerprint density at radius 3 is 2.55 bits per heavy atom. The topological polar surface area (TPSA) is 85.1 Å². The van der Waals surface area contributed by atoms with Crippen LogP contribution >= 0.6 is 0 Å². The highest BCUT2D eigenvalue weighted by Crippen LogP contribution is 2.20. The summed E-state index contributed by atoms with van der Waals surface area (Å²) < 4.78 is 0. The molecule has 0 saturated heterocycles. The highest BCUT2D eigenvalue weighted by atomic mass is 16.6. The number of para-hydroxylation sites is 2. The van der Waals surface area contributed by atoms with Gasteiger partial charge in [-0.3, -0.25) is 14.9 Å². The van der Waals surface area contributed by atoms with Crippen molar-refractivity contribution in [2.24, 2.45) is 0 Å². The van der Waals surface area contributed by atoms with Crippen molar-refractivity contribution in [3.63, 3.8) is 0 Å². The van der Waals surface area contributed by atoms with Gasteiger partial charge in [0, 0.05) is 11.5 Å². The molecule has 0 aliphatic carbocycles. The molecule has 0 atom stereocenters. The second-order valence-electron chi connectivity index (χ2n) is 4.62. The molecule has 0 unspecified atom stereocenters. The smallest absolute Gasteiger partial charge is 0.282 e. The fraction of sp³-hybridized carbons (Fsp3) is 0. The van der Waals surface area contributed by atoms with Gasteiger partial charge in [-0.1, -0.05) is 30.3 Å². The van der Waals surface area contributed by atoms with Gasteiger partial charge in [-0.2, -0.15) is 0 Å². The number of hydrogen-bond acceptors (Lipinski definition) is 4. The molecule has 3 rings (SSSR count). The second kappa shape index (κ2) is 5.61. The Morgan fingerprint density at radius 1 is 1.00 bits per heavy atom. The van der Waals surface area contributed by atoms with Gasteiger partial charge in [0.25, 0.3) is 11.6 Å². The Bertz CT molecular complexity index is 877. The van der Waals surface area contributed by atoms with Gasteiger partial charge in [0.1, 0.15) is 11.4 Å². The maximum atomic E-state index is 12.2. The van der Waals surface area contributed by atoms with E-state index < -0.39 is 10.8 Å². The summed E-state index contributed by atoms with van der Waals surface area (Å²) in [6.07, 6.45) is 0. The Kier molecular flexibility index (Phi) is 3.49. The summed E-state index contributed by atoms with van der Waals surface area (Å²) in [5.74, 6) is -0.211. The van der Waals surface area contributed by atoms with Gasteiger partial charge < -0.3 is 5.32 Å². The van der Waals surface area contributed by atoms with Gasteiger partial charge in [-0.05, 0) is 24.3 Å². The molecule has 108 valence electrons. The molecule has 3 aromatic rings. The number of fused-ring (bicyclic) bond motifs is 1. The molecular weight excluding hydrogens is 282 g/mol. The van der Waals surface area contributed by atoms with Crippen LogP contribution in [-0.4, -0.2) is 15.8 Å². The molecule has 1 heterocycles. The average molecular weight is 293 g/mol. The third-order valence-corrected chi connectivity index (χ3v) is 3.19. The average Bonchev–Trinajstić information content (AvgIpc) is 2.54. The highest BCUT2D eigenvalue weighted by Gasteiger charge is 2.19. The molecule has 0 saturated carbocycles. The summed E-state index contributed by atoms with van der Waals surface area (Å²) in [5, 5.41) is 14.5. The Balaban J connectivity index is 1.91. The number of benzene rings is 2. The second-order valence-corrected chi connectivity index (χ2v) is 4.62. The maximum absolute atomic E-state index is 12.2. The summed E-state index contributed by atoms with van der Waals surface area (Å²) in [6, 6.07) is 16.8. The molecule has 0 aliphatic heterocycles.